The highest BCUT2D eigenvalue weighted by atomic mass is 32.1. The van der Waals surface area contributed by atoms with Crippen molar-refractivity contribution in [2.75, 3.05) is 0 Å². The molecule has 0 amide bonds. The fourth-order valence-corrected chi connectivity index (χ4v) is 0.786. The number of allylic oxidation sites excluding steroid dienone is 3. The number of rotatable bonds is 3. The Bertz CT molecular complexity index is 192. The molecule has 0 fully saturated rings. The Kier molecular flexibility index (Phi) is 4.74. The van der Waals surface area contributed by atoms with Crippen LogP contribution >= 0.6 is 12.8 Å². The van der Waals surface area contributed by atoms with Crippen molar-refractivity contribution in [3.63, 3.8) is 0 Å². The highest BCUT2D eigenvalue weighted by Gasteiger charge is 1.99. The van der Waals surface area contributed by atoms with Gasteiger partial charge < -0.3 is 0 Å². The lowest BCUT2D eigenvalue weighted by Gasteiger charge is -2.13. The number of nitrogens with zero attached hydrogens (tertiary/aromatic N) is 1. The summed E-state index contributed by atoms with van der Waals surface area (Å²) in [5.41, 5.74) is 1.67. The molecule has 3 heteroatoms. The normalized spacial score (nSPS) is 12.2. The molecule has 2 nitrogen and oxygen atoms in total. The first-order chi connectivity index (χ1) is 5.13. The van der Waals surface area contributed by atoms with Crippen LogP contribution < -0.4 is 5.84 Å². The quantitative estimate of drug-likeness (QED) is 0.294. The van der Waals surface area contributed by atoms with E-state index in [2.05, 4.69) is 19.4 Å². The van der Waals surface area contributed by atoms with Crippen LogP contribution in [0, 0.1) is 0 Å². The lowest BCUT2D eigenvalue weighted by Crippen LogP contribution is -2.19. The van der Waals surface area contributed by atoms with Crippen molar-refractivity contribution in [2.45, 2.75) is 13.8 Å². The van der Waals surface area contributed by atoms with Crippen LogP contribution in [0.5, 0.6) is 0 Å². The Morgan fingerprint density at radius 1 is 1.55 bits per heavy atom. The van der Waals surface area contributed by atoms with Gasteiger partial charge in [0.15, 0.2) is 0 Å². The molecule has 11 heavy (non-hydrogen) atoms. The van der Waals surface area contributed by atoms with E-state index in [-0.39, 0.29) is 0 Å². The summed E-state index contributed by atoms with van der Waals surface area (Å²) in [7, 11) is 0. The first-order valence-electron chi connectivity index (χ1n) is 3.35. The van der Waals surface area contributed by atoms with Gasteiger partial charge in [-0.2, -0.15) is 0 Å². The van der Waals surface area contributed by atoms with Gasteiger partial charge in [0.25, 0.3) is 0 Å². The molecule has 0 aliphatic rings. The van der Waals surface area contributed by atoms with Gasteiger partial charge in [0.05, 0.1) is 5.70 Å². The average Bonchev–Trinajstić information content (AvgIpc) is 1.98. The molecule has 0 bridgehead atoms. The second-order valence-corrected chi connectivity index (χ2v) is 2.47. The van der Waals surface area contributed by atoms with E-state index in [4.69, 9.17) is 5.84 Å². The molecule has 0 unspecified atom stereocenters. The van der Waals surface area contributed by atoms with Crippen LogP contribution in [0.4, 0.5) is 0 Å². The molecule has 0 spiro atoms. The van der Waals surface area contributed by atoms with Gasteiger partial charge >= 0.3 is 0 Å². The van der Waals surface area contributed by atoms with E-state index in [1.165, 1.54) is 4.41 Å². The Morgan fingerprint density at radius 3 is 2.36 bits per heavy atom. The summed E-state index contributed by atoms with van der Waals surface area (Å²) in [4.78, 5) is 0. The zero-order chi connectivity index (χ0) is 8.85. The topological polar surface area (TPSA) is 29.3 Å². The maximum Gasteiger partial charge on any atom is 0.0639 e. The van der Waals surface area contributed by atoms with Crippen LogP contribution in [0.25, 0.3) is 0 Å². The third-order valence-electron chi connectivity index (χ3n) is 1.27. The van der Waals surface area contributed by atoms with Gasteiger partial charge in [0.1, 0.15) is 0 Å². The monoisotopic (exact) mass is 170 g/mol. The molecule has 0 heterocycles. The zero-order valence-electron chi connectivity index (χ0n) is 6.91. The lowest BCUT2D eigenvalue weighted by molar-refractivity contribution is 0.638. The van der Waals surface area contributed by atoms with E-state index in [1.807, 2.05) is 32.1 Å². The standard InChI is InChI=1S/C8H14N2S/c1-4-6-8(5-2)7(3)10(9)11/h4-6,11H,3,9H2,1-2H3/b6-4-,8-5+. The first kappa shape index (κ1) is 10.3. The van der Waals surface area contributed by atoms with Crippen LogP contribution in [0.1, 0.15) is 13.8 Å². The molecule has 62 valence electrons. The summed E-state index contributed by atoms with van der Waals surface area (Å²) in [6.45, 7) is 7.62. The summed E-state index contributed by atoms with van der Waals surface area (Å²) in [5, 5.41) is 0. The second-order valence-electron chi connectivity index (χ2n) is 2.04. The SMILES string of the molecule is C=C(C(/C=C\C)=C/C)N(N)S. The first-order valence-corrected chi connectivity index (χ1v) is 3.75. The van der Waals surface area contributed by atoms with Crippen LogP contribution in [0.3, 0.4) is 0 Å². The Hall–Kier alpha value is -0.670. The fraction of sp³-hybridized carbons (Fsp3) is 0.250. The highest BCUT2D eigenvalue weighted by Crippen LogP contribution is 2.12. The van der Waals surface area contributed by atoms with E-state index in [0.29, 0.717) is 5.70 Å². The number of thiol groups is 1. The predicted molar refractivity (Wildman–Crippen MR) is 52.7 cm³/mol. The van der Waals surface area contributed by atoms with E-state index in [1.54, 1.807) is 0 Å². The van der Waals surface area contributed by atoms with Crippen LogP contribution in [-0.4, -0.2) is 4.41 Å². The van der Waals surface area contributed by atoms with Crippen LogP contribution in [-0.2, 0) is 0 Å². The lowest BCUT2D eigenvalue weighted by atomic mass is 10.2. The van der Waals surface area contributed by atoms with E-state index in [0.717, 1.165) is 5.57 Å². The maximum absolute atomic E-state index is 5.37. The zero-order valence-corrected chi connectivity index (χ0v) is 7.81. The van der Waals surface area contributed by atoms with Gasteiger partial charge in [-0.15, -0.1) is 0 Å². The van der Waals surface area contributed by atoms with Crippen molar-refractivity contribution >= 4 is 12.8 Å². The number of nitrogens with two attached hydrogens (primary N) is 1. The molecule has 0 aromatic heterocycles. The Morgan fingerprint density at radius 2 is 2.09 bits per heavy atom. The maximum atomic E-state index is 5.37. The molecular formula is C8H14N2S. The molecule has 0 atom stereocenters. The highest BCUT2D eigenvalue weighted by molar-refractivity contribution is 7.77. The summed E-state index contributed by atoms with van der Waals surface area (Å²) in [5.74, 6) is 5.37. The number of hydrazine groups is 1. The van der Waals surface area contributed by atoms with Gasteiger partial charge in [-0.1, -0.05) is 24.8 Å². The molecule has 0 aromatic carbocycles. The molecule has 0 saturated carbocycles. The smallest absolute Gasteiger partial charge is 0.0639 e. The molecule has 2 N–H and O–H groups in total. The molecular weight excluding hydrogens is 156 g/mol. The van der Waals surface area contributed by atoms with Crippen LogP contribution in [0.2, 0.25) is 0 Å². The Labute approximate surface area is 73.6 Å². The van der Waals surface area contributed by atoms with Crippen molar-refractivity contribution in [3.8, 4) is 0 Å². The summed E-state index contributed by atoms with van der Waals surface area (Å²) in [6, 6.07) is 0. The summed E-state index contributed by atoms with van der Waals surface area (Å²) in [6.07, 6.45) is 5.79. The van der Waals surface area contributed by atoms with E-state index >= 15 is 0 Å². The third-order valence-corrected chi connectivity index (χ3v) is 1.51. The number of hydrogen-bond donors (Lipinski definition) is 2. The number of hydrogen-bond acceptors (Lipinski definition) is 3. The second kappa shape index (κ2) is 5.04. The molecule has 0 rings (SSSR count). The van der Waals surface area contributed by atoms with Gasteiger partial charge in [-0.05, 0) is 32.2 Å². The van der Waals surface area contributed by atoms with Crippen molar-refractivity contribution in [1.29, 1.82) is 0 Å². The van der Waals surface area contributed by atoms with Crippen molar-refractivity contribution < 1.29 is 0 Å². The van der Waals surface area contributed by atoms with E-state index < -0.39 is 0 Å². The summed E-state index contributed by atoms with van der Waals surface area (Å²) < 4.78 is 1.20. The predicted octanol–water partition coefficient (Wildman–Crippen LogP) is 2.04. The van der Waals surface area contributed by atoms with Crippen LogP contribution in [0.15, 0.2) is 36.1 Å². The molecule has 0 radical (unpaired) electrons. The van der Waals surface area contributed by atoms with Gasteiger partial charge in [-0.3, -0.25) is 4.41 Å². The third kappa shape index (κ3) is 3.30. The summed E-state index contributed by atoms with van der Waals surface area (Å²) >= 11 is 3.92. The molecule has 0 aliphatic carbocycles. The minimum atomic E-state index is 0.689. The van der Waals surface area contributed by atoms with Gasteiger partial charge in [0.2, 0.25) is 0 Å². The Balaban J connectivity index is 4.41. The molecule has 0 aliphatic heterocycles. The molecule has 0 aromatic rings. The van der Waals surface area contributed by atoms with Gasteiger partial charge in [0, 0.05) is 0 Å². The largest absolute Gasteiger partial charge is 0.256 e. The average molecular weight is 170 g/mol. The minimum Gasteiger partial charge on any atom is -0.256 e. The van der Waals surface area contributed by atoms with Crippen molar-refractivity contribution in [3.05, 3.63) is 36.1 Å². The molecule has 0 saturated heterocycles. The van der Waals surface area contributed by atoms with E-state index in [9.17, 15) is 0 Å². The van der Waals surface area contributed by atoms with Gasteiger partial charge in [-0.25, -0.2) is 5.84 Å². The van der Waals surface area contributed by atoms with Crippen molar-refractivity contribution in [2.24, 2.45) is 5.84 Å². The fourth-order valence-electron chi connectivity index (χ4n) is 0.671. The minimum absolute atomic E-state index is 0.689. The van der Waals surface area contributed by atoms with Crippen molar-refractivity contribution in [1.82, 2.24) is 4.41 Å².